The molecule has 0 saturated carbocycles. The molecule has 1 aromatic heterocycles. The third-order valence-corrected chi connectivity index (χ3v) is 1.97. The summed E-state index contributed by atoms with van der Waals surface area (Å²) in [5.74, 6) is 0. The molecule has 0 radical (unpaired) electrons. The van der Waals surface area contributed by atoms with E-state index in [1.807, 2.05) is 25.1 Å². The van der Waals surface area contributed by atoms with Crippen molar-refractivity contribution in [1.82, 2.24) is 0 Å². The van der Waals surface area contributed by atoms with Gasteiger partial charge in [0, 0.05) is 10.4 Å². The lowest BCUT2D eigenvalue weighted by molar-refractivity contribution is 0.613. The summed E-state index contributed by atoms with van der Waals surface area (Å²) in [7, 11) is 0. The van der Waals surface area contributed by atoms with Crippen molar-refractivity contribution in [2.45, 2.75) is 6.92 Å². The molecular weight excluding hydrogens is 160 g/mol. The zero-order valence-corrected chi connectivity index (χ0v) is 6.85. The number of aryl methyl sites for hydroxylation is 1. The molecule has 0 unspecified atom stereocenters. The number of hydrogen-bond acceptors (Lipinski definition) is 1. The third-order valence-electron chi connectivity index (χ3n) is 1.73. The molecule has 0 aliphatic carbocycles. The van der Waals surface area contributed by atoms with E-state index in [1.165, 1.54) is 0 Å². The molecule has 0 spiro atoms. The van der Waals surface area contributed by atoms with Crippen LogP contribution in [0, 0.1) is 6.92 Å². The van der Waals surface area contributed by atoms with Gasteiger partial charge in [-0.1, -0.05) is 11.6 Å². The first-order chi connectivity index (χ1) is 5.27. The molecular formula is C9H7ClO. The topological polar surface area (TPSA) is 13.1 Å². The van der Waals surface area contributed by atoms with Gasteiger partial charge in [-0.25, -0.2) is 0 Å². The van der Waals surface area contributed by atoms with Gasteiger partial charge in [-0.3, -0.25) is 0 Å². The maximum absolute atomic E-state index is 5.77. The van der Waals surface area contributed by atoms with Crippen LogP contribution >= 0.6 is 11.6 Å². The lowest BCUT2D eigenvalue weighted by Crippen LogP contribution is -1.66. The van der Waals surface area contributed by atoms with Crippen LogP contribution in [-0.4, -0.2) is 0 Å². The van der Waals surface area contributed by atoms with Crippen molar-refractivity contribution in [2.24, 2.45) is 0 Å². The maximum atomic E-state index is 5.77. The van der Waals surface area contributed by atoms with Crippen LogP contribution in [0.5, 0.6) is 0 Å². The van der Waals surface area contributed by atoms with E-state index in [1.54, 1.807) is 6.26 Å². The summed E-state index contributed by atoms with van der Waals surface area (Å²) in [6, 6.07) is 5.66. The highest BCUT2D eigenvalue weighted by atomic mass is 35.5. The second-order valence-electron chi connectivity index (χ2n) is 2.56. The third kappa shape index (κ3) is 1.02. The molecule has 2 aromatic rings. The Morgan fingerprint density at radius 3 is 3.00 bits per heavy atom. The molecule has 0 amide bonds. The van der Waals surface area contributed by atoms with Crippen LogP contribution in [0.3, 0.4) is 0 Å². The van der Waals surface area contributed by atoms with Crippen molar-refractivity contribution in [3.63, 3.8) is 0 Å². The van der Waals surface area contributed by atoms with Gasteiger partial charge in [0.1, 0.15) is 5.58 Å². The Morgan fingerprint density at radius 2 is 2.18 bits per heavy atom. The molecule has 2 heteroatoms. The molecule has 11 heavy (non-hydrogen) atoms. The maximum Gasteiger partial charge on any atom is 0.135 e. The fourth-order valence-electron chi connectivity index (χ4n) is 1.13. The highest BCUT2D eigenvalue weighted by Gasteiger charge is 2.00. The molecule has 0 bridgehead atoms. The quantitative estimate of drug-likeness (QED) is 0.585. The van der Waals surface area contributed by atoms with Gasteiger partial charge >= 0.3 is 0 Å². The van der Waals surface area contributed by atoms with Crippen LogP contribution < -0.4 is 0 Å². The second kappa shape index (κ2) is 2.28. The first-order valence-corrected chi connectivity index (χ1v) is 3.78. The van der Waals surface area contributed by atoms with E-state index in [-0.39, 0.29) is 0 Å². The van der Waals surface area contributed by atoms with Crippen molar-refractivity contribution >= 4 is 22.6 Å². The van der Waals surface area contributed by atoms with Crippen molar-refractivity contribution in [1.29, 1.82) is 0 Å². The molecule has 1 heterocycles. The Morgan fingerprint density at radius 1 is 1.36 bits per heavy atom. The number of furan rings is 1. The average Bonchev–Trinajstić information content (AvgIpc) is 2.32. The molecule has 1 aromatic carbocycles. The Bertz CT molecular complexity index is 389. The van der Waals surface area contributed by atoms with Gasteiger partial charge in [-0.05, 0) is 30.7 Å². The lowest BCUT2D eigenvalue weighted by Gasteiger charge is -1.89. The minimum atomic E-state index is 0.715. The van der Waals surface area contributed by atoms with Gasteiger partial charge in [0.25, 0.3) is 0 Å². The summed E-state index contributed by atoms with van der Waals surface area (Å²) in [6.45, 7) is 2.01. The fraction of sp³-hybridized carbons (Fsp3) is 0.111. The molecule has 0 aliphatic heterocycles. The zero-order valence-electron chi connectivity index (χ0n) is 6.10. The van der Waals surface area contributed by atoms with E-state index < -0.39 is 0 Å². The molecule has 56 valence electrons. The monoisotopic (exact) mass is 166 g/mol. The summed E-state index contributed by atoms with van der Waals surface area (Å²) >= 11 is 5.77. The van der Waals surface area contributed by atoms with Crippen LogP contribution in [0.15, 0.2) is 28.9 Å². The molecule has 0 fully saturated rings. The van der Waals surface area contributed by atoms with Crippen LogP contribution in [-0.2, 0) is 0 Å². The SMILES string of the molecule is Cc1coc2cc(Cl)ccc12. The Balaban J connectivity index is 2.86. The fourth-order valence-corrected chi connectivity index (χ4v) is 1.30. The molecule has 0 aliphatic rings. The predicted octanol–water partition coefficient (Wildman–Crippen LogP) is 3.39. The number of rotatable bonds is 0. The predicted molar refractivity (Wildman–Crippen MR) is 46.0 cm³/mol. The molecule has 2 rings (SSSR count). The molecule has 0 saturated heterocycles. The summed E-state index contributed by atoms with van der Waals surface area (Å²) in [4.78, 5) is 0. The zero-order chi connectivity index (χ0) is 7.84. The first-order valence-electron chi connectivity index (χ1n) is 3.41. The van der Waals surface area contributed by atoms with Gasteiger partial charge < -0.3 is 4.42 Å². The normalized spacial score (nSPS) is 10.7. The minimum Gasteiger partial charge on any atom is -0.464 e. The Labute approximate surface area is 69.6 Å². The van der Waals surface area contributed by atoms with Crippen LogP contribution in [0.4, 0.5) is 0 Å². The average molecular weight is 167 g/mol. The van der Waals surface area contributed by atoms with Crippen LogP contribution in [0.2, 0.25) is 5.02 Å². The summed E-state index contributed by atoms with van der Waals surface area (Å²) in [5.41, 5.74) is 2.01. The summed E-state index contributed by atoms with van der Waals surface area (Å²) < 4.78 is 5.25. The van der Waals surface area contributed by atoms with Gasteiger partial charge in [-0.15, -0.1) is 0 Å². The number of benzene rings is 1. The number of halogens is 1. The Hall–Kier alpha value is -0.950. The van der Waals surface area contributed by atoms with Gasteiger partial charge in [0.05, 0.1) is 6.26 Å². The second-order valence-corrected chi connectivity index (χ2v) is 3.00. The smallest absolute Gasteiger partial charge is 0.135 e. The van der Waals surface area contributed by atoms with Crippen molar-refractivity contribution in [3.05, 3.63) is 35.0 Å². The standard InChI is InChI=1S/C9H7ClO/c1-6-5-11-9-4-7(10)2-3-8(6)9/h2-5H,1H3. The van der Waals surface area contributed by atoms with E-state index in [4.69, 9.17) is 16.0 Å². The highest BCUT2D eigenvalue weighted by molar-refractivity contribution is 6.31. The van der Waals surface area contributed by atoms with Gasteiger partial charge in [-0.2, -0.15) is 0 Å². The highest BCUT2D eigenvalue weighted by Crippen LogP contribution is 2.23. The van der Waals surface area contributed by atoms with E-state index in [2.05, 4.69) is 0 Å². The summed E-state index contributed by atoms with van der Waals surface area (Å²) in [6.07, 6.45) is 1.74. The van der Waals surface area contributed by atoms with Crippen LogP contribution in [0.25, 0.3) is 11.0 Å². The number of fused-ring (bicyclic) bond motifs is 1. The Kier molecular flexibility index (Phi) is 1.40. The van der Waals surface area contributed by atoms with Crippen LogP contribution in [0.1, 0.15) is 5.56 Å². The van der Waals surface area contributed by atoms with Crippen molar-refractivity contribution in [3.8, 4) is 0 Å². The first kappa shape index (κ1) is 6.74. The molecule has 0 N–H and O–H groups in total. The van der Waals surface area contributed by atoms with Crippen molar-refractivity contribution in [2.75, 3.05) is 0 Å². The lowest BCUT2D eigenvalue weighted by atomic mass is 10.2. The molecule has 1 nitrogen and oxygen atoms in total. The minimum absolute atomic E-state index is 0.715. The van der Waals surface area contributed by atoms with Gasteiger partial charge in [0.2, 0.25) is 0 Å². The number of hydrogen-bond donors (Lipinski definition) is 0. The van der Waals surface area contributed by atoms with E-state index in [0.717, 1.165) is 16.5 Å². The largest absolute Gasteiger partial charge is 0.464 e. The summed E-state index contributed by atoms with van der Waals surface area (Å²) in [5, 5.41) is 1.85. The molecule has 0 atom stereocenters. The van der Waals surface area contributed by atoms with Gasteiger partial charge in [0.15, 0.2) is 0 Å². The van der Waals surface area contributed by atoms with E-state index >= 15 is 0 Å². The van der Waals surface area contributed by atoms with Crippen molar-refractivity contribution < 1.29 is 4.42 Å². The van der Waals surface area contributed by atoms with E-state index in [9.17, 15) is 0 Å². The van der Waals surface area contributed by atoms with E-state index in [0.29, 0.717) is 5.02 Å².